The van der Waals surface area contributed by atoms with Crippen LogP contribution in [-0.4, -0.2) is 29.3 Å². The maximum Gasteiger partial charge on any atom is 0.315 e. The standard InChI is InChI=1S/C13H15ClN4O3/c1-9-17-12(21-18-9)8-16-13(19)15-6-7-20-11-4-2-10(14)3-5-11/h2-5H,6-8H2,1H3,(H2,15,16,19). The highest BCUT2D eigenvalue weighted by molar-refractivity contribution is 6.30. The van der Waals surface area contributed by atoms with Gasteiger partial charge in [-0.3, -0.25) is 0 Å². The first-order valence-corrected chi connectivity index (χ1v) is 6.70. The predicted octanol–water partition coefficient (Wildman–Crippen LogP) is 1.91. The van der Waals surface area contributed by atoms with Crippen LogP contribution in [0.2, 0.25) is 5.02 Å². The van der Waals surface area contributed by atoms with Gasteiger partial charge in [-0.2, -0.15) is 4.98 Å². The molecule has 1 aromatic carbocycles. The minimum absolute atomic E-state index is 0.185. The number of amides is 2. The Labute approximate surface area is 126 Å². The lowest BCUT2D eigenvalue weighted by atomic mass is 10.3. The van der Waals surface area contributed by atoms with Crippen LogP contribution in [0.15, 0.2) is 28.8 Å². The van der Waals surface area contributed by atoms with Crippen molar-refractivity contribution in [1.82, 2.24) is 20.8 Å². The van der Waals surface area contributed by atoms with Gasteiger partial charge in [0, 0.05) is 5.02 Å². The van der Waals surface area contributed by atoms with E-state index in [0.717, 1.165) is 0 Å². The summed E-state index contributed by atoms with van der Waals surface area (Å²) in [6, 6.07) is 6.68. The molecule has 0 atom stereocenters. The molecule has 8 heteroatoms. The van der Waals surface area contributed by atoms with Crippen LogP contribution in [0, 0.1) is 6.92 Å². The molecule has 2 amide bonds. The van der Waals surface area contributed by atoms with Crippen molar-refractivity contribution in [3.8, 4) is 5.75 Å². The maximum absolute atomic E-state index is 11.5. The average molecular weight is 311 g/mol. The third kappa shape index (κ3) is 5.31. The number of rotatable bonds is 6. The van der Waals surface area contributed by atoms with E-state index < -0.39 is 0 Å². The molecular formula is C13H15ClN4O3. The number of urea groups is 1. The molecule has 0 radical (unpaired) electrons. The second kappa shape index (κ2) is 7.49. The molecule has 2 N–H and O–H groups in total. The van der Waals surface area contributed by atoms with E-state index >= 15 is 0 Å². The monoisotopic (exact) mass is 310 g/mol. The zero-order valence-corrected chi connectivity index (χ0v) is 12.2. The minimum atomic E-state index is -0.328. The highest BCUT2D eigenvalue weighted by Gasteiger charge is 2.05. The first kappa shape index (κ1) is 15.1. The Hall–Kier alpha value is -2.28. The van der Waals surface area contributed by atoms with E-state index in [1.807, 2.05) is 0 Å². The van der Waals surface area contributed by atoms with Crippen molar-refractivity contribution in [1.29, 1.82) is 0 Å². The number of halogens is 1. The van der Waals surface area contributed by atoms with Crippen molar-refractivity contribution in [2.24, 2.45) is 0 Å². The van der Waals surface area contributed by atoms with Gasteiger partial charge in [0.15, 0.2) is 5.82 Å². The number of nitrogens with one attached hydrogen (secondary N) is 2. The summed E-state index contributed by atoms with van der Waals surface area (Å²) < 4.78 is 10.3. The van der Waals surface area contributed by atoms with E-state index in [4.69, 9.17) is 20.9 Å². The topological polar surface area (TPSA) is 89.3 Å². The number of aryl methyl sites for hydroxylation is 1. The number of benzene rings is 1. The number of aromatic nitrogens is 2. The van der Waals surface area contributed by atoms with Crippen LogP contribution in [0.25, 0.3) is 0 Å². The normalized spacial score (nSPS) is 10.2. The van der Waals surface area contributed by atoms with Crippen LogP contribution in [0.1, 0.15) is 11.7 Å². The molecular weight excluding hydrogens is 296 g/mol. The SMILES string of the molecule is Cc1noc(CNC(=O)NCCOc2ccc(Cl)cc2)n1. The first-order chi connectivity index (χ1) is 10.1. The first-order valence-electron chi connectivity index (χ1n) is 6.33. The van der Waals surface area contributed by atoms with Crippen molar-refractivity contribution >= 4 is 17.6 Å². The Morgan fingerprint density at radius 3 is 2.76 bits per heavy atom. The molecule has 1 aromatic heterocycles. The second-order valence-electron chi connectivity index (χ2n) is 4.15. The summed E-state index contributed by atoms with van der Waals surface area (Å²) in [4.78, 5) is 15.5. The van der Waals surface area contributed by atoms with Gasteiger partial charge in [0.2, 0.25) is 5.89 Å². The highest BCUT2D eigenvalue weighted by Crippen LogP contribution is 2.14. The molecule has 112 valence electrons. The summed E-state index contributed by atoms with van der Waals surface area (Å²) in [5.74, 6) is 1.59. The van der Waals surface area contributed by atoms with E-state index in [9.17, 15) is 4.79 Å². The van der Waals surface area contributed by atoms with E-state index in [2.05, 4.69) is 20.8 Å². The lowest BCUT2D eigenvalue weighted by molar-refractivity contribution is 0.234. The lowest BCUT2D eigenvalue weighted by Gasteiger charge is -2.08. The summed E-state index contributed by atoms with van der Waals surface area (Å²) in [5, 5.41) is 9.52. The van der Waals surface area contributed by atoms with Crippen molar-refractivity contribution in [3.05, 3.63) is 41.0 Å². The number of nitrogens with zero attached hydrogens (tertiary/aromatic N) is 2. The predicted molar refractivity (Wildman–Crippen MR) is 76.2 cm³/mol. The van der Waals surface area contributed by atoms with Gasteiger partial charge < -0.3 is 19.9 Å². The largest absolute Gasteiger partial charge is 0.492 e. The van der Waals surface area contributed by atoms with E-state index in [1.54, 1.807) is 31.2 Å². The Balaban J connectivity index is 1.59. The van der Waals surface area contributed by atoms with Crippen LogP contribution in [0.4, 0.5) is 4.79 Å². The number of ether oxygens (including phenoxy) is 1. The Morgan fingerprint density at radius 1 is 1.33 bits per heavy atom. The van der Waals surface area contributed by atoms with Crippen molar-refractivity contribution in [2.45, 2.75) is 13.5 Å². The fraction of sp³-hybridized carbons (Fsp3) is 0.308. The van der Waals surface area contributed by atoms with Crippen molar-refractivity contribution < 1.29 is 14.1 Å². The minimum Gasteiger partial charge on any atom is -0.492 e. The molecule has 0 aliphatic rings. The molecule has 0 unspecified atom stereocenters. The van der Waals surface area contributed by atoms with Crippen LogP contribution >= 0.6 is 11.6 Å². The van der Waals surface area contributed by atoms with Gasteiger partial charge in [0.05, 0.1) is 13.1 Å². The van der Waals surface area contributed by atoms with E-state index in [0.29, 0.717) is 35.6 Å². The van der Waals surface area contributed by atoms with Gasteiger partial charge in [0.25, 0.3) is 0 Å². The Morgan fingerprint density at radius 2 is 2.10 bits per heavy atom. The fourth-order valence-corrected chi connectivity index (χ4v) is 1.62. The summed E-state index contributed by atoms with van der Waals surface area (Å²) in [6.45, 7) is 2.62. The maximum atomic E-state index is 11.5. The quantitative estimate of drug-likeness (QED) is 0.796. The van der Waals surface area contributed by atoms with E-state index in [-0.39, 0.29) is 12.6 Å². The molecule has 1 heterocycles. The van der Waals surface area contributed by atoms with Gasteiger partial charge in [0.1, 0.15) is 12.4 Å². The molecule has 0 aliphatic heterocycles. The molecule has 0 fully saturated rings. The zero-order valence-electron chi connectivity index (χ0n) is 11.4. The number of carbonyl (C=O) groups excluding carboxylic acids is 1. The molecule has 0 aliphatic carbocycles. The molecule has 2 rings (SSSR count). The fourth-order valence-electron chi connectivity index (χ4n) is 1.49. The summed E-state index contributed by atoms with van der Waals surface area (Å²) in [7, 11) is 0. The molecule has 0 saturated heterocycles. The Kier molecular flexibility index (Phi) is 5.39. The highest BCUT2D eigenvalue weighted by atomic mass is 35.5. The summed E-state index contributed by atoms with van der Waals surface area (Å²) >= 11 is 5.76. The van der Waals surface area contributed by atoms with Gasteiger partial charge in [-0.15, -0.1) is 0 Å². The molecule has 0 saturated carbocycles. The molecule has 0 bridgehead atoms. The average Bonchev–Trinajstić information content (AvgIpc) is 2.89. The van der Waals surface area contributed by atoms with Gasteiger partial charge in [-0.05, 0) is 31.2 Å². The summed E-state index contributed by atoms with van der Waals surface area (Å²) in [5.41, 5.74) is 0. The van der Waals surface area contributed by atoms with Crippen LogP contribution in [0.3, 0.4) is 0 Å². The third-order valence-electron chi connectivity index (χ3n) is 2.44. The zero-order chi connectivity index (χ0) is 15.1. The van der Waals surface area contributed by atoms with E-state index in [1.165, 1.54) is 0 Å². The molecule has 21 heavy (non-hydrogen) atoms. The lowest BCUT2D eigenvalue weighted by Crippen LogP contribution is -2.37. The van der Waals surface area contributed by atoms with Crippen molar-refractivity contribution in [2.75, 3.05) is 13.2 Å². The van der Waals surface area contributed by atoms with Crippen LogP contribution < -0.4 is 15.4 Å². The molecule has 0 spiro atoms. The number of carbonyl (C=O) groups is 1. The van der Waals surface area contributed by atoms with Crippen molar-refractivity contribution in [3.63, 3.8) is 0 Å². The van der Waals surface area contributed by atoms with Gasteiger partial charge in [-0.1, -0.05) is 16.8 Å². The van der Waals surface area contributed by atoms with Crippen LogP contribution in [-0.2, 0) is 6.54 Å². The van der Waals surface area contributed by atoms with Gasteiger partial charge in [-0.25, -0.2) is 4.79 Å². The third-order valence-corrected chi connectivity index (χ3v) is 2.69. The van der Waals surface area contributed by atoms with Crippen LogP contribution in [0.5, 0.6) is 5.75 Å². The number of hydrogen-bond donors (Lipinski definition) is 2. The number of hydrogen-bond acceptors (Lipinski definition) is 5. The molecule has 7 nitrogen and oxygen atoms in total. The summed E-state index contributed by atoms with van der Waals surface area (Å²) in [6.07, 6.45) is 0. The molecule has 2 aromatic rings. The van der Waals surface area contributed by atoms with Gasteiger partial charge >= 0.3 is 6.03 Å². The second-order valence-corrected chi connectivity index (χ2v) is 4.58. The smallest absolute Gasteiger partial charge is 0.315 e. The Bertz CT molecular complexity index is 585.